The lowest BCUT2D eigenvalue weighted by atomic mass is 9.88. The third-order valence-electron chi connectivity index (χ3n) is 12.1. The molecular weight excluding hydrogens is 717 g/mol. The molecular formula is C55H34N4. The van der Waals surface area contributed by atoms with E-state index >= 15 is 0 Å². The minimum absolute atomic E-state index is 0.594. The van der Waals surface area contributed by atoms with Gasteiger partial charge >= 0.3 is 0 Å². The van der Waals surface area contributed by atoms with Crippen LogP contribution in [0.15, 0.2) is 206 Å². The first-order valence-electron chi connectivity index (χ1n) is 20.0. The molecule has 0 bridgehead atoms. The Bertz CT molecular complexity index is 3510. The summed E-state index contributed by atoms with van der Waals surface area (Å²) in [6.07, 6.45) is 0. The second-order valence-corrected chi connectivity index (χ2v) is 15.1. The van der Waals surface area contributed by atoms with Crippen molar-refractivity contribution in [3.63, 3.8) is 0 Å². The zero-order valence-electron chi connectivity index (χ0n) is 31.9. The molecule has 3 heterocycles. The van der Waals surface area contributed by atoms with Crippen molar-refractivity contribution in [1.29, 1.82) is 5.26 Å². The monoisotopic (exact) mass is 750 g/mol. The van der Waals surface area contributed by atoms with Crippen molar-refractivity contribution in [3.05, 3.63) is 212 Å². The molecule has 3 aromatic heterocycles. The predicted molar refractivity (Wildman–Crippen MR) is 245 cm³/mol. The second kappa shape index (κ2) is 13.0. The highest BCUT2D eigenvalue weighted by Gasteiger charge is 2.33. The van der Waals surface area contributed by atoms with Gasteiger partial charge in [0.25, 0.3) is 0 Å². The van der Waals surface area contributed by atoms with Gasteiger partial charge in [-0.1, -0.05) is 170 Å². The lowest BCUT2D eigenvalue weighted by Gasteiger charge is -2.28. The van der Waals surface area contributed by atoms with E-state index in [1.54, 1.807) is 0 Å². The molecule has 0 fully saturated rings. The van der Waals surface area contributed by atoms with Gasteiger partial charge in [-0.2, -0.15) is 5.26 Å². The Morgan fingerprint density at radius 2 is 0.542 bits per heavy atom. The third kappa shape index (κ3) is 4.70. The number of benzene rings is 9. The number of aromatic nitrogens is 3. The highest BCUT2D eigenvalue weighted by atomic mass is 15.1. The molecule has 4 nitrogen and oxygen atoms in total. The van der Waals surface area contributed by atoms with Gasteiger partial charge in [-0.3, -0.25) is 0 Å². The summed E-state index contributed by atoms with van der Waals surface area (Å²) in [5.41, 5.74) is 13.6. The minimum atomic E-state index is 0.594. The molecule has 0 N–H and O–H groups in total. The third-order valence-corrected chi connectivity index (χ3v) is 12.1. The first-order valence-corrected chi connectivity index (χ1v) is 20.0. The Hall–Kier alpha value is -8.13. The minimum Gasteiger partial charge on any atom is -0.308 e. The van der Waals surface area contributed by atoms with Crippen LogP contribution in [0.1, 0.15) is 5.56 Å². The Balaban J connectivity index is 1.45. The summed E-state index contributed by atoms with van der Waals surface area (Å²) >= 11 is 0. The van der Waals surface area contributed by atoms with Gasteiger partial charge in [0, 0.05) is 43.4 Å². The van der Waals surface area contributed by atoms with Crippen LogP contribution in [0.25, 0.3) is 105 Å². The smallest absolute Gasteiger partial charge is 0.102 e. The predicted octanol–water partition coefficient (Wildman–Crippen LogP) is 14.2. The van der Waals surface area contributed by atoms with E-state index in [1.165, 1.54) is 0 Å². The molecule has 0 unspecified atom stereocenters. The van der Waals surface area contributed by atoms with E-state index in [9.17, 15) is 5.26 Å². The number of hydrogen-bond acceptors (Lipinski definition) is 1. The molecule has 12 rings (SSSR count). The van der Waals surface area contributed by atoms with Crippen LogP contribution in [-0.2, 0) is 0 Å². The molecule has 0 aliphatic heterocycles. The van der Waals surface area contributed by atoms with Crippen molar-refractivity contribution in [2.45, 2.75) is 0 Å². The number of hydrogen-bond donors (Lipinski definition) is 0. The van der Waals surface area contributed by atoms with E-state index in [0.717, 1.165) is 105 Å². The maximum atomic E-state index is 12.1. The van der Waals surface area contributed by atoms with Crippen LogP contribution < -0.4 is 0 Å². The van der Waals surface area contributed by atoms with E-state index in [4.69, 9.17) is 0 Å². The first kappa shape index (κ1) is 33.1. The van der Waals surface area contributed by atoms with Gasteiger partial charge in [-0.05, 0) is 47.5 Å². The molecule has 0 radical (unpaired) electrons. The molecule has 0 aliphatic carbocycles. The van der Waals surface area contributed by atoms with Crippen molar-refractivity contribution >= 4 is 65.4 Å². The van der Waals surface area contributed by atoms with Crippen molar-refractivity contribution in [2.24, 2.45) is 0 Å². The topological polar surface area (TPSA) is 38.6 Å². The molecule has 0 amide bonds. The van der Waals surface area contributed by atoms with Crippen LogP contribution in [0.2, 0.25) is 0 Å². The lowest BCUT2D eigenvalue weighted by Crippen LogP contribution is -2.13. The van der Waals surface area contributed by atoms with Crippen molar-refractivity contribution in [1.82, 2.24) is 13.7 Å². The largest absolute Gasteiger partial charge is 0.308 e. The summed E-state index contributed by atoms with van der Waals surface area (Å²) in [5.74, 6) is 0. The molecule has 12 aromatic rings. The van der Waals surface area contributed by atoms with E-state index in [2.05, 4.69) is 220 Å². The van der Waals surface area contributed by atoms with Gasteiger partial charge in [0.15, 0.2) is 0 Å². The van der Waals surface area contributed by atoms with Gasteiger partial charge < -0.3 is 13.7 Å². The maximum absolute atomic E-state index is 12.1. The summed E-state index contributed by atoms with van der Waals surface area (Å²) in [4.78, 5) is 0. The fourth-order valence-corrected chi connectivity index (χ4v) is 9.73. The van der Waals surface area contributed by atoms with E-state index in [1.807, 2.05) is 6.07 Å². The van der Waals surface area contributed by atoms with Crippen LogP contribution in [0.4, 0.5) is 0 Å². The quantitative estimate of drug-likeness (QED) is 0.173. The zero-order chi connectivity index (χ0) is 39.0. The average molecular weight is 751 g/mol. The Kier molecular flexibility index (Phi) is 7.26. The molecule has 59 heavy (non-hydrogen) atoms. The molecule has 0 aliphatic rings. The highest BCUT2D eigenvalue weighted by molar-refractivity contribution is 6.16. The standard InChI is InChI=1S/C55H34N4/c56-35-44-51(36-19-3-1-4-20-36)54(58-47-31-15-9-25-40(47)41-26-10-16-32-48(41)58)52(37-21-5-2-6-22-37)55(59-49-33-17-11-27-42(49)43-28-12-18-34-50(43)59)53(44)57-45-29-13-7-23-38(45)39-24-8-14-30-46(39)57/h1-34H. The highest BCUT2D eigenvalue weighted by Crippen LogP contribution is 2.51. The first-order chi connectivity index (χ1) is 29.3. The average Bonchev–Trinajstić information content (AvgIpc) is 3.94. The zero-order valence-corrected chi connectivity index (χ0v) is 31.9. The molecule has 4 heteroatoms. The van der Waals surface area contributed by atoms with Gasteiger partial charge in [0.05, 0.1) is 55.7 Å². The number of rotatable bonds is 5. The van der Waals surface area contributed by atoms with E-state index in [0.29, 0.717) is 5.56 Å². The summed E-state index contributed by atoms with van der Waals surface area (Å²) in [6, 6.07) is 76.1. The Morgan fingerprint density at radius 1 is 0.271 bits per heavy atom. The van der Waals surface area contributed by atoms with E-state index in [-0.39, 0.29) is 0 Å². The second-order valence-electron chi connectivity index (χ2n) is 15.1. The molecule has 274 valence electrons. The number of nitriles is 1. The molecule has 0 spiro atoms. The maximum Gasteiger partial charge on any atom is 0.102 e. The molecule has 0 saturated carbocycles. The molecule has 0 atom stereocenters. The summed E-state index contributed by atoms with van der Waals surface area (Å²) in [7, 11) is 0. The fraction of sp³-hybridized carbons (Fsp3) is 0. The Morgan fingerprint density at radius 3 is 0.881 bits per heavy atom. The van der Waals surface area contributed by atoms with E-state index < -0.39 is 0 Å². The van der Waals surface area contributed by atoms with Gasteiger partial charge in [-0.15, -0.1) is 0 Å². The SMILES string of the molecule is N#Cc1c(-c2ccccc2)c(-n2c3ccccc3c3ccccc32)c(-c2ccccc2)c(-n2c3ccccc3c3ccccc32)c1-n1c2ccccc2c2ccccc21. The van der Waals surface area contributed by atoms with Crippen molar-refractivity contribution in [3.8, 4) is 45.4 Å². The summed E-state index contributed by atoms with van der Waals surface area (Å²) < 4.78 is 7.21. The van der Waals surface area contributed by atoms with Crippen LogP contribution in [-0.4, -0.2) is 13.7 Å². The number of nitrogens with zero attached hydrogens (tertiary/aromatic N) is 4. The van der Waals surface area contributed by atoms with Crippen LogP contribution in [0.3, 0.4) is 0 Å². The van der Waals surface area contributed by atoms with Crippen LogP contribution >= 0.6 is 0 Å². The van der Waals surface area contributed by atoms with Crippen molar-refractivity contribution in [2.75, 3.05) is 0 Å². The Labute approximate surface area is 340 Å². The summed E-state index contributed by atoms with van der Waals surface area (Å²) in [6.45, 7) is 0. The fourth-order valence-electron chi connectivity index (χ4n) is 9.73. The van der Waals surface area contributed by atoms with Crippen LogP contribution in [0.5, 0.6) is 0 Å². The normalized spacial score (nSPS) is 11.7. The number of para-hydroxylation sites is 6. The lowest BCUT2D eigenvalue weighted by molar-refractivity contribution is 1.07. The summed E-state index contributed by atoms with van der Waals surface area (Å²) in [5, 5.41) is 19.0. The molecule has 0 saturated heterocycles. The van der Waals surface area contributed by atoms with Gasteiger partial charge in [0.1, 0.15) is 6.07 Å². The van der Waals surface area contributed by atoms with Gasteiger partial charge in [-0.25, -0.2) is 0 Å². The molecule has 9 aromatic carbocycles. The van der Waals surface area contributed by atoms with Crippen LogP contribution in [0, 0.1) is 11.3 Å². The van der Waals surface area contributed by atoms with Crippen molar-refractivity contribution < 1.29 is 0 Å². The van der Waals surface area contributed by atoms with Gasteiger partial charge in [0.2, 0.25) is 0 Å². The number of fused-ring (bicyclic) bond motifs is 9.